The van der Waals surface area contributed by atoms with Crippen LogP contribution in [0.15, 0.2) is 29.2 Å². The molecule has 0 bridgehead atoms. The molecule has 0 fully saturated rings. The van der Waals surface area contributed by atoms with Gasteiger partial charge < -0.3 is 4.74 Å². The van der Waals surface area contributed by atoms with Gasteiger partial charge in [-0.2, -0.15) is 0 Å². The van der Waals surface area contributed by atoms with Crippen molar-refractivity contribution >= 4 is 23.1 Å². The van der Waals surface area contributed by atoms with E-state index in [9.17, 15) is 0 Å². The molecule has 2 aromatic rings. The second-order valence-electron chi connectivity index (χ2n) is 5.14. The van der Waals surface area contributed by atoms with Crippen LogP contribution in [-0.2, 0) is 6.42 Å². The first-order chi connectivity index (χ1) is 10.2. The van der Waals surface area contributed by atoms with Gasteiger partial charge >= 0.3 is 0 Å². The molecule has 0 radical (unpaired) electrons. The highest BCUT2D eigenvalue weighted by atomic mass is 32.2. The standard InChI is InChI=1S/C15H19N3OS2/c1-9-10(2)21-15(17-9)7-11(18-16)13-8-20-14-6-4-3-5-12(14)19-13/h3-6,11,13,18H,7-8,16H2,1-2H3. The highest BCUT2D eigenvalue weighted by Crippen LogP contribution is 2.36. The van der Waals surface area contributed by atoms with Crippen molar-refractivity contribution in [2.24, 2.45) is 5.84 Å². The van der Waals surface area contributed by atoms with Crippen molar-refractivity contribution in [3.8, 4) is 5.75 Å². The Hall–Kier alpha value is -1.08. The van der Waals surface area contributed by atoms with Gasteiger partial charge in [-0.1, -0.05) is 12.1 Å². The van der Waals surface area contributed by atoms with Gasteiger partial charge in [-0.15, -0.1) is 23.1 Å². The summed E-state index contributed by atoms with van der Waals surface area (Å²) in [5.41, 5.74) is 4.01. The van der Waals surface area contributed by atoms with Crippen molar-refractivity contribution in [2.75, 3.05) is 5.75 Å². The van der Waals surface area contributed by atoms with E-state index in [1.54, 1.807) is 11.3 Å². The Kier molecular flexibility index (Phi) is 4.49. The van der Waals surface area contributed by atoms with Gasteiger partial charge in [0.15, 0.2) is 0 Å². The Labute approximate surface area is 133 Å². The summed E-state index contributed by atoms with van der Waals surface area (Å²) in [6.45, 7) is 4.15. The molecule has 1 aliphatic heterocycles. The molecule has 0 aliphatic carbocycles. The lowest BCUT2D eigenvalue weighted by Crippen LogP contribution is -2.50. The highest BCUT2D eigenvalue weighted by Gasteiger charge is 2.28. The van der Waals surface area contributed by atoms with Crippen LogP contribution in [0.25, 0.3) is 0 Å². The molecule has 112 valence electrons. The number of hydrogen-bond acceptors (Lipinski definition) is 6. The molecule has 0 saturated heterocycles. The summed E-state index contributed by atoms with van der Waals surface area (Å²) in [6, 6.07) is 8.21. The summed E-state index contributed by atoms with van der Waals surface area (Å²) < 4.78 is 6.11. The number of nitrogens with two attached hydrogens (primary N) is 1. The molecule has 6 heteroatoms. The molecule has 4 nitrogen and oxygen atoms in total. The van der Waals surface area contributed by atoms with Crippen molar-refractivity contribution in [3.63, 3.8) is 0 Å². The van der Waals surface area contributed by atoms with Crippen LogP contribution in [0.3, 0.4) is 0 Å². The quantitative estimate of drug-likeness (QED) is 0.670. The Balaban J connectivity index is 1.72. The van der Waals surface area contributed by atoms with Gasteiger partial charge in [-0.3, -0.25) is 11.3 Å². The summed E-state index contributed by atoms with van der Waals surface area (Å²) in [4.78, 5) is 7.07. The molecule has 2 unspecified atom stereocenters. The van der Waals surface area contributed by atoms with Crippen LogP contribution in [-0.4, -0.2) is 22.9 Å². The minimum Gasteiger partial charge on any atom is -0.487 e. The SMILES string of the molecule is Cc1nc(CC(NN)C2CSc3ccccc3O2)sc1C. The molecule has 0 spiro atoms. The maximum Gasteiger partial charge on any atom is 0.133 e. The summed E-state index contributed by atoms with van der Waals surface area (Å²) in [5, 5.41) is 1.11. The number of benzene rings is 1. The van der Waals surface area contributed by atoms with Crippen LogP contribution >= 0.6 is 23.1 Å². The number of fused-ring (bicyclic) bond motifs is 1. The van der Waals surface area contributed by atoms with E-state index in [2.05, 4.69) is 23.4 Å². The first kappa shape index (κ1) is 14.8. The number of hydrazine groups is 1. The molecule has 1 aromatic carbocycles. The smallest absolute Gasteiger partial charge is 0.133 e. The first-order valence-electron chi connectivity index (χ1n) is 6.95. The van der Waals surface area contributed by atoms with Crippen LogP contribution in [0.1, 0.15) is 15.6 Å². The molecule has 1 aromatic heterocycles. The van der Waals surface area contributed by atoms with E-state index in [4.69, 9.17) is 10.6 Å². The maximum absolute atomic E-state index is 6.11. The van der Waals surface area contributed by atoms with Crippen LogP contribution in [0.4, 0.5) is 0 Å². The van der Waals surface area contributed by atoms with Gasteiger partial charge in [0.1, 0.15) is 11.9 Å². The maximum atomic E-state index is 6.11. The Morgan fingerprint density at radius 1 is 1.43 bits per heavy atom. The van der Waals surface area contributed by atoms with Crippen LogP contribution in [0.2, 0.25) is 0 Å². The summed E-state index contributed by atoms with van der Waals surface area (Å²) >= 11 is 3.56. The fourth-order valence-electron chi connectivity index (χ4n) is 2.35. The van der Waals surface area contributed by atoms with Crippen molar-refractivity contribution in [2.45, 2.75) is 37.3 Å². The van der Waals surface area contributed by atoms with E-state index < -0.39 is 0 Å². The zero-order valence-corrected chi connectivity index (χ0v) is 13.8. The highest BCUT2D eigenvalue weighted by molar-refractivity contribution is 7.99. The number of thioether (sulfide) groups is 1. The molecule has 2 heterocycles. The van der Waals surface area contributed by atoms with E-state index in [0.717, 1.165) is 28.6 Å². The topological polar surface area (TPSA) is 60.2 Å². The van der Waals surface area contributed by atoms with E-state index in [1.165, 1.54) is 9.77 Å². The van der Waals surface area contributed by atoms with E-state index in [0.29, 0.717) is 0 Å². The van der Waals surface area contributed by atoms with Gasteiger partial charge in [-0.05, 0) is 26.0 Å². The number of rotatable bonds is 4. The number of para-hydroxylation sites is 1. The molecule has 2 atom stereocenters. The average Bonchev–Trinajstić information content (AvgIpc) is 2.82. The lowest BCUT2D eigenvalue weighted by atomic mass is 10.1. The van der Waals surface area contributed by atoms with Gasteiger partial charge in [0.05, 0.1) is 16.7 Å². The van der Waals surface area contributed by atoms with Crippen LogP contribution < -0.4 is 16.0 Å². The summed E-state index contributed by atoms with van der Waals surface area (Å²) in [6.07, 6.45) is 0.850. The minimum absolute atomic E-state index is 0.0550. The molecule has 0 saturated carbocycles. The van der Waals surface area contributed by atoms with Crippen LogP contribution in [0, 0.1) is 13.8 Å². The number of nitrogens with one attached hydrogen (secondary N) is 1. The van der Waals surface area contributed by atoms with Crippen molar-refractivity contribution in [3.05, 3.63) is 39.8 Å². The fourth-order valence-corrected chi connectivity index (χ4v) is 4.42. The second kappa shape index (κ2) is 6.36. The Morgan fingerprint density at radius 2 is 2.24 bits per heavy atom. The third-order valence-corrected chi connectivity index (χ3v) is 5.90. The molecule has 1 aliphatic rings. The fraction of sp³-hybridized carbons (Fsp3) is 0.400. The van der Waals surface area contributed by atoms with E-state index in [-0.39, 0.29) is 12.1 Å². The predicted octanol–water partition coefficient (Wildman–Crippen LogP) is 2.69. The average molecular weight is 321 g/mol. The zero-order valence-electron chi connectivity index (χ0n) is 12.1. The van der Waals surface area contributed by atoms with Gasteiger partial charge in [0, 0.05) is 21.9 Å². The monoisotopic (exact) mass is 321 g/mol. The summed E-state index contributed by atoms with van der Waals surface area (Å²) in [5.74, 6) is 7.60. The molecule has 21 heavy (non-hydrogen) atoms. The van der Waals surface area contributed by atoms with Gasteiger partial charge in [-0.25, -0.2) is 4.98 Å². The van der Waals surface area contributed by atoms with E-state index >= 15 is 0 Å². The normalized spacial score (nSPS) is 18.9. The number of thiazole rings is 1. The lowest BCUT2D eigenvalue weighted by Gasteiger charge is -2.31. The largest absolute Gasteiger partial charge is 0.487 e. The third-order valence-electron chi connectivity index (χ3n) is 3.66. The molecule has 3 N–H and O–H groups in total. The van der Waals surface area contributed by atoms with E-state index in [1.807, 2.05) is 36.9 Å². The Bertz CT molecular complexity index is 610. The number of aromatic nitrogens is 1. The van der Waals surface area contributed by atoms with Crippen LogP contribution in [0.5, 0.6) is 5.75 Å². The predicted molar refractivity (Wildman–Crippen MR) is 88.0 cm³/mol. The van der Waals surface area contributed by atoms with Crippen molar-refractivity contribution in [1.29, 1.82) is 0 Å². The molecule has 3 rings (SSSR count). The summed E-state index contributed by atoms with van der Waals surface area (Å²) in [7, 11) is 0. The number of nitrogens with zero attached hydrogens (tertiary/aromatic N) is 1. The lowest BCUT2D eigenvalue weighted by molar-refractivity contribution is 0.165. The minimum atomic E-state index is 0.0550. The Morgan fingerprint density at radius 3 is 2.95 bits per heavy atom. The zero-order chi connectivity index (χ0) is 14.8. The van der Waals surface area contributed by atoms with Crippen molar-refractivity contribution in [1.82, 2.24) is 10.4 Å². The van der Waals surface area contributed by atoms with Gasteiger partial charge in [0.25, 0.3) is 0 Å². The second-order valence-corrected chi connectivity index (χ2v) is 7.49. The molecule has 0 amide bonds. The van der Waals surface area contributed by atoms with Crippen molar-refractivity contribution < 1.29 is 4.74 Å². The number of aryl methyl sites for hydroxylation is 2. The number of ether oxygens (including phenoxy) is 1. The molecular weight excluding hydrogens is 302 g/mol. The third kappa shape index (κ3) is 3.23. The van der Waals surface area contributed by atoms with Gasteiger partial charge in [0.2, 0.25) is 0 Å². The number of hydrogen-bond donors (Lipinski definition) is 2. The molecular formula is C15H19N3OS2. The first-order valence-corrected chi connectivity index (χ1v) is 8.75.